The van der Waals surface area contributed by atoms with Crippen molar-refractivity contribution in [3.8, 4) is 0 Å². The number of nitrogens with zero attached hydrogens (tertiary/aromatic N) is 1. The van der Waals surface area contributed by atoms with Crippen LogP contribution in [0.3, 0.4) is 0 Å². The fraction of sp³-hybridized carbons (Fsp3) is 0.538. The molecule has 1 heterocycles. The van der Waals surface area contributed by atoms with E-state index in [9.17, 15) is 5.11 Å². The summed E-state index contributed by atoms with van der Waals surface area (Å²) in [5, 5.41) is 10.1. The quantitative estimate of drug-likeness (QED) is 0.901. The normalized spacial score (nSPS) is 17.1. The molecule has 1 aliphatic heterocycles. The van der Waals surface area contributed by atoms with E-state index < -0.39 is 0 Å². The molecule has 0 atom stereocenters. The number of rotatable bonds is 3. The average molecular weight is 256 g/mol. The number of hydrogen-bond acceptors (Lipinski definition) is 3. The minimum Gasteiger partial charge on any atom is -0.392 e. The summed E-state index contributed by atoms with van der Waals surface area (Å²) < 4.78 is 5.36. The summed E-state index contributed by atoms with van der Waals surface area (Å²) in [6.45, 7) is 1.66. The lowest BCUT2D eigenvalue weighted by Crippen LogP contribution is -2.37. The fourth-order valence-corrected chi connectivity index (χ4v) is 2.43. The lowest BCUT2D eigenvalue weighted by Gasteiger charge is -2.34. The first-order valence-electron chi connectivity index (χ1n) is 5.92. The molecule has 1 aliphatic rings. The largest absolute Gasteiger partial charge is 0.392 e. The van der Waals surface area contributed by atoms with Gasteiger partial charge in [-0.05, 0) is 25.0 Å². The highest BCUT2D eigenvalue weighted by atomic mass is 35.5. The first-order valence-corrected chi connectivity index (χ1v) is 6.30. The lowest BCUT2D eigenvalue weighted by molar-refractivity contribution is 0.0854. The monoisotopic (exact) mass is 255 g/mol. The van der Waals surface area contributed by atoms with Crippen LogP contribution in [0, 0.1) is 0 Å². The summed E-state index contributed by atoms with van der Waals surface area (Å²) in [5.74, 6) is 0. The number of aliphatic hydroxyl groups is 1. The van der Waals surface area contributed by atoms with Crippen molar-refractivity contribution in [2.75, 3.05) is 25.2 Å². The number of halogens is 1. The molecule has 4 heteroatoms. The van der Waals surface area contributed by atoms with Crippen molar-refractivity contribution in [2.45, 2.75) is 25.5 Å². The summed E-state index contributed by atoms with van der Waals surface area (Å²) in [6.07, 6.45) is 2.04. The highest BCUT2D eigenvalue weighted by Crippen LogP contribution is 2.28. The Kier molecular flexibility index (Phi) is 4.26. The third-order valence-corrected chi connectivity index (χ3v) is 3.57. The Hall–Kier alpha value is -0.770. The van der Waals surface area contributed by atoms with E-state index in [-0.39, 0.29) is 6.61 Å². The van der Waals surface area contributed by atoms with Crippen LogP contribution in [-0.4, -0.2) is 31.4 Å². The molecule has 0 amide bonds. The zero-order valence-corrected chi connectivity index (χ0v) is 10.8. The highest BCUT2D eigenvalue weighted by molar-refractivity contribution is 6.30. The van der Waals surface area contributed by atoms with E-state index in [2.05, 4.69) is 11.9 Å². The molecule has 17 heavy (non-hydrogen) atoms. The second-order valence-corrected chi connectivity index (χ2v) is 4.82. The zero-order valence-electron chi connectivity index (χ0n) is 10.0. The fourth-order valence-electron chi connectivity index (χ4n) is 2.27. The van der Waals surface area contributed by atoms with Crippen LogP contribution in [0.1, 0.15) is 18.4 Å². The second kappa shape index (κ2) is 5.71. The van der Waals surface area contributed by atoms with Crippen LogP contribution >= 0.6 is 11.6 Å². The Bertz CT molecular complexity index is 378. The van der Waals surface area contributed by atoms with Crippen LogP contribution in [0.15, 0.2) is 18.2 Å². The van der Waals surface area contributed by atoms with E-state index in [1.165, 1.54) is 0 Å². The molecule has 1 aromatic rings. The van der Waals surface area contributed by atoms with Gasteiger partial charge in [0.15, 0.2) is 0 Å². The Labute approximate surface area is 107 Å². The van der Waals surface area contributed by atoms with Crippen molar-refractivity contribution < 1.29 is 9.84 Å². The molecule has 0 unspecified atom stereocenters. The first-order chi connectivity index (χ1) is 8.22. The van der Waals surface area contributed by atoms with Crippen molar-refractivity contribution in [2.24, 2.45) is 0 Å². The molecular formula is C13H18ClNO2. The van der Waals surface area contributed by atoms with E-state index in [0.717, 1.165) is 37.3 Å². The van der Waals surface area contributed by atoms with Crippen LogP contribution in [0.2, 0.25) is 5.02 Å². The van der Waals surface area contributed by atoms with Gasteiger partial charge in [-0.2, -0.15) is 0 Å². The third-order valence-electron chi connectivity index (χ3n) is 3.34. The number of ether oxygens (including phenoxy) is 1. The van der Waals surface area contributed by atoms with E-state index in [4.69, 9.17) is 16.3 Å². The Morgan fingerprint density at radius 1 is 1.41 bits per heavy atom. The molecule has 94 valence electrons. The molecule has 0 aromatic heterocycles. The van der Waals surface area contributed by atoms with Crippen LogP contribution in [0.25, 0.3) is 0 Å². The van der Waals surface area contributed by atoms with Crippen molar-refractivity contribution in [1.29, 1.82) is 0 Å². The van der Waals surface area contributed by atoms with Crippen LogP contribution in [-0.2, 0) is 11.3 Å². The minimum atomic E-state index is 0.0417. The summed E-state index contributed by atoms with van der Waals surface area (Å²) in [7, 11) is 2.06. The maximum atomic E-state index is 9.36. The molecule has 1 fully saturated rings. The number of aliphatic hydroxyl groups excluding tert-OH is 1. The molecule has 0 radical (unpaired) electrons. The Morgan fingerprint density at radius 3 is 2.76 bits per heavy atom. The molecule has 0 bridgehead atoms. The van der Waals surface area contributed by atoms with Gasteiger partial charge in [0, 0.05) is 42.6 Å². The van der Waals surface area contributed by atoms with Gasteiger partial charge in [-0.1, -0.05) is 17.7 Å². The van der Waals surface area contributed by atoms with Crippen LogP contribution in [0.4, 0.5) is 5.69 Å². The number of anilines is 1. The predicted octanol–water partition coefficient (Wildman–Crippen LogP) is 2.45. The van der Waals surface area contributed by atoms with Crippen molar-refractivity contribution >= 4 is 17.3 Å². The smallest absolute Gasteiger partial charge is 0.0702 e. The molecule has 1 aromatic carbocycles. The highest BCUT2D eigenvalue weighted by Gasteiger charge is 2.20. The summed E-state index contributed by atoms with van der Waals surface area (Å²) in [6, 6.07) is 6.08. The molecule has 2 rings (SSSR count). The van der Waals surface area contributed by atoms with Gasteiger partial charge in [0.25, 0.3) is 0 Å². The zero-order chi connectivity index (χ0) is 12.3. The SMILES string of the molecule is CN(c1cc(Cl)ccc1CO)C1CCOCC1. The topological polar surface area (TPSA) is 32.7 Å². The van der Waals surface area contributed by atoms with Gasteiger partial charge >= 0.3 is 0 Å². The lowest BCUT2D eigenvalue weighted by atomic mass is 10.1. The van der Waals surface area contributed by atoms with Gasteiger partial charge in [0.1, 0.15) is 0 Å². The third kappa shape index (κ3) is 2.92. The van der Waals surface area contributed by atoms with Crippen molar-refractivity contribution in [3.63, 3.8) is 0 Å². The standard InChI is InChI=1S/C13H18ClNO2/c1-15(12-4-6-17-7-5-12)13-8-11(14)3-2-10(13)9-16/h2-3,8,12,16H,4-7,9H2,1H3. The summed E-state index contributed by atoms with van der Waals surface area (Å²) in [4.78, 5) is 2.21. The summed E-state index contributed by atoms with van der Waals surface area (Å²) >= 11 is 6.02. The average Bonchev–Trinajstić information content (AvgIpc) is 2.39. The van der Waals surface area contributed by atoms with E-state index >= 15 is 0 Å². The van der Waals surface area contributed by atoms with Gasteiger partial charge in [0.05, 0.1) is 6.61 Å². The van der Waals surface area contributed by atoms with Gasteiger partial charge < -0.3 is 14.7 Å². The van der Waals surface area contributed by atoms with Crippen LogP contribution < -0.4 is 4.90 Å². The van der Waals surface area contributed by atoms with Crippen molar-refractivity contribution in [3.05, 3.63) is 28.8 Å². The molecule has 1 saturated heterocycles. The molecule has 0 spiro atoms. The maximum Gasteiger partial charge on any atom is 0.0702 e. The molecule has 3 nitrogen and oxygen atoms in total. The molecule has 1 N–H and O–H groups in total. The van der Waals surface area contributed by atoms with Crippen molar-refractivity contribution in [1.82, 2.24) is 0 Å². The van der Waals surface area contributed by atoms with E-state index in [0.29, 0.717) is 11.1 Å². The minimum absolute atomic E-state index is 0.0417. The molecular weight excluding hydrogens is 238 g/mol. The van der Waals surface area contributed by atoms with Gasteiger partial charge in [-0.15, -0.1) is 0 Å². The second-order valence-electron chi connectivity index (χ2n) is 4.39. The number of hydrogen-bond donors (Lipinski definition) is 1. The van der Waals surface area contributed by atoms with Gasteiger partial charge in [0.2, 0.25) is 0 Å². The predicted molar refractivity (Wildman–Crippen MR) is 69.6 cm³/mol. The Balaban J connectivity index is 2.21. The first kappa shape index (κ1) is 12.7. The van der Waals surface area contributed by atoms with Gasteiger partial charge in [-0.3, -0.25) is 0 Å². The summed E-state index contributed by atoms with van der Waals surface area (Å²) in [5.41, 5.74) is 1.94. The van der Waals surface area contributed by atoms with Crippen LogP contribution in [0.5, 0.6) is 0 Å². The van der Waals surface area contributed by atoms with Gasteiger partial charge in [-0.25, -0.2) is 0 Å². The molecule has 0 aliphatic carbocycles. The van der Waals surface area contributed by atoms with E-state index in [1.807, 2.05) is 18.2 Å². The number of benzene rings is 1. The molecule has 0 saturated carbocycles. The maximum absolute atomic E-state index is 9.36. The Morgan fingerprint density at radius 2 is 2.12 bits per heavy atom. The van der Waals surface area contributed by atoms with E-state index in [1.54, 1.807) is 0 Å².